The van der Waals surface area contributed by atoms with Crippen LogP contribution >= 0.6 is 11.3 Å². The highest BCUT2D eigenvalue weighted by Gasteiger charge is 2.19. The van der Waals surface area contributed by atoms with Gasteiger partial charge in [0.1, 0.15) is 4.88 Å². The smallest absolute Gasteiger partial charge is 0.345 e. The second kappa shape index (κ2) is 5.16. The molecule has 0 radical (unpaired) electrons. The predicted molar refractivity (Wildman–Crippen MR) is 66.5 cm³/mol. The first-order valence-electron chi connectivity index (χ1n) is 5.79. The number of nitrogens with zero attached hydrogens (tertiary/aromatic N) is 1. The molecule has 1 aliphatic heterocycles. The summed E-state index contributed by atoms with van der Waals surface area (Å²) in [5, 5.41) is 18.3. The summed E-state index contributed by atoms with van der Waals surface area (Å²) in [4.78, 5) is 14.6. The third kappa shape index (κ3) is 3.06. The van der Waals surface area contributed by atoms with E-state index in [1.165, 1.54) is 11.3 Å². The van der Waals surface area contributed by atoms with Gasteiger partial charge in [-0.25, -0.2) is 4.79 Å². The van der Waals surface area contributed by atoms with Gasteiger partial charge in [0, 0.05) is 24.5 Å². The number of carboxylic acids is 1. The van der Waals surface area contributed by atoms with Gasteiger partial charge in [0.15, 0.2) is 0 Å². The summed E-state index contributed by atoms with van der Waals surface area (Å²) in [7, 11) is 0. The maximum Gasteiger partial charge on any atom is 0.345 e. The number of carboxylic acid groups (broad SMARTS) is 1. The Hall–Kier alpha value is -0.910. The molecular formula is C12H17NO3S. The van der Waals surface area contributed by atoms with E-state index in [9.17, 15) is 9.90 Å². The molecule has 1 fully saturated rings. The number of hydrogen-bond acceptors (Lipinski definition) is 4. The van der Waals surface area contributed by atoms with Crippen molar-refractivity contribution in [2.45, 2.75) is 32.4 Å². The van der Waals surface area contributed by atoms with E-state index in [2.05, 4.69) is 4.90 Å². The van der Waals surface area contributed by atoms with Crippen molar-refractivity contribution in [2.75, 3.05) is 13.1 Å². The Balaban J connectivity index is 2.01. The topological polar surface area (TPSA) is 60.8 Å². The Morgan fingerprint density at radius 1 is 1.53 bits per heavy atom. The number of likely N-dealkylation sites (tertiary alicyclic amines) is 1. The lowest BCUT2D eigenvalue weighted by Gasteiger charge is -2.29. The van der Waals surface area contributed by atoms with Gasteiger partial charge < -0.3 is 10.2 Å². The van der Waals surface area contributed by atoms with Crippen LogP contribution in [-0.4, -0.2) is 40.3 Å². The van der Waals surface area contributed by atoms with E-state index in [0.717, 1.165) is 42.9 Å². The summed E-state index contributed by atoms with van der Waals surface area (Å²) < 4.78 is 0. The average Bonchev–Trinajstić information content (AvgIpc) is 2.64. The maximum absolute atomic E-state index is 10.9. The summed E-state index contributed by atoms with van der Waals surface area (Å²) in [6, 6.07) is 1.77. The molecule has 5 heteroatoms. The lowest BCUT2D eigenvalue weighted by atomic mass is 10.1. The average molecular weight is 255 g/mol. The number of hydrogen-bond donors (Lipinski definition) is 2. The van der Waals surface area contributed by atoms with E-state index >= 15 is 0 Å². The number of aliphatic hydroxyl groups is 1. The number of rotatable bonds is 3. The first kappa shape index (κ1) is 12.5. The molecule has 2 heterocycles. The van der Waals surface area contributed by atoms with Crippen molar-refractivity contribution in [3.63, 3.8) is 0 Å². The van der Waals surface area contributed by atoms with Crippen LogP contribution in [0.3, 0.4) is 0 Å². The molecule has 0 spiro atoms. The first-order valence-corrected chi connectivity index (χ1v) is 6.61. The molecule has 0 aliphatic carbocycles. The molecule has 2 N–H and O–H groups in total. The highest BCUT2D eigenvalue weighted by molar-refractivity contribution is 7.14. The lowest BCUT2D eigenvalue weighted by molar-refractivity contribution is 0.0702. The Kier molecular flexibility index (Phi) is 3.81. The summed E-state index contributed by atoms with van der Waals surface area (Å²) in [5.74, 6) is -0.849. The lowest BCUT2D eigenvalue weighted by Crippen LogP contribution is -2.35. The van der Waals surface area contributed by atoms with E-state index in [4.69, 9.17) is 5.11 Å². The highest BCUT2D eigenvalue weighted by atomic mass is 32.1. The van der Waals surface area contributed by atoms with Gasteiger partial charge in [0.05, 0.1) is 6.10 Å². The minimum atomic E-state index is -0.849. The van der Waals surface area contributed by atoms with Crippen LogP contribution in [0.25, 0.3) is 0 Å². The molecule has 1 aliphatic rings. The molecule has 0 unspecified atom stereocenters. The summed E-state index contributed by atoms with van der Waals surface area (Å²) in [5.41, 5.74) is 1.10. The van der Waals surface area contributed by atoms with Crippen LogP contribution < -0.4 is 0 Å². The van der Waals surface area contributed by atoms with Crippen LogP contribution in [0.1, 0.15) is 33.0 Å². The van der Waals surface area contributed by atoms with Crippen molar-refractivity contribution in [2.24, 2.45) is 0 Å². The number of piperidine rings is 1. The van der Waals surface area contributed by atoms with Crippen molar-refractivity contribution in [3.05, 3.63) is 21.4 Å². The molecule has 0 saturated carbocycles. The van der Waals surface area contributed by atoms with Crippen LogP contribution in [0.15, 0.2) is 6.07 Å². The van der Waals surface area contributed by atoms with E-state index in [1.807, 2.05) is 6.92 Å². The zero-order valence-corrected chi connectivity index (χ0v) is 10.7. The third-order valence-corrected chi connectivity index (χ3v) is 4.26. The number of aryl methyl sites for hydroxylation is 1. The van der Waals surface area contributed by atoms with Crippen molar-refractivity contribution >= 4 is 17.3 Å². The van der Waals surface area contributed by atoms with E-state index in [1.54, 1.807) is 6.07 Å². The van der Waals surface area contributed by atoms with Gasteiger partial charge in [-0.3, -0.25) is 4.90 Å². The van der Waals surface area contributed by atoms with Crippen molar-refractivity contribution in [1.82, 2.24) is 4.90 Å². The Morgan fingerprint density at radius 3 is 2.71 bits per heavy atom. The van der Waals surface area contributed by atoms with Gasteiger partial charge in [0.2, 0.25) is 0 Å². The second-order valence-corrected chi connectivity index (χ2v) is 5.76. The Morgan fingerprint density at radius 2 is 2.18 bits per heavy atom. The molecule has 0 atom stereocenters. The number of aromatic carboxylic acids is 1. The number of aliphatic hydroxyl groups excluding tert-OH is 1. The minimum Gasteiger partial charge on any atom is -0.477 e. The van der Waals surface area contributed by atoms with E-state index in [-0.39, 0.29) is 6.10 Å². The third-order valence-electron chi connectivity index (χ3n) is 3.18. The van der Waals surface area contributed by atoms with Gasteiger partial charge in [-0.2, -0.15) is 0 Å². The van der Waals surface area contributed by atoms with Gasteiger partial charge in [-0.1, -0.05) is 0 Å². The summed E-state index contributed by atoms with van der Waals surface area (Å²) >= 11 is 1.34. The fraction of sp³-hybridized carbons (Fsp3) is 0.583. The molecule has 2 rings (SSSR count). The molecular weight excluding hydrogens is 238 g/mol. The molecule has 0 bridgehead atoms. The highest BCUT2D eigenvalue weighted by Crippen LogP contribution is 2.24. The van der Waals surface area contributed by atoms with Gasteiger partial charge in [0.25, 0.3) is 0 Å². The fourth-order valence-corrected chi connectivity index (χ4v) is 2.97. The van der Waals surface area contributed by atoms with Crippen molar-refractivity contribution in [1.29, 1.82) is 0 Å². The van der Waals surface area contributed by atoms with Crippen LogP contribution in [-0.2, 0) is 6.54 Å². The number of thiophene rings is 1. The van der Waals surface area contributed by atoms with Crippen LogP contribution in [0.4, 0.5) is 0 Å². The monoisotopic (exact) mass is 255 g/mol. The summed E-state index contributed by atoms with van der Waals surface area (Å²) in [6.45, 7) is 4.53. The number of carbonyl (C=O) groups is 1. The molecule has 0 aromatic carbocycles. The van der Waals surface area contributed by atoms with Crippen molar-refractivity contribution in [3.8, 4) is 0 Å². The zero-order chi connectivity index (χ0) is 12.4. The maximum atomic E-state index is 10.9. The van der Waals surface area contributed by atoms with Crippen molar-refractivity contribution < 1.29 is 15.0 Å². The van der Waals surface area contributed by atoms with Gasteiger partial charge >= 0.3 is 5.97 Å². The Labute approximate surface area is 104 Å². The molecule has 94 valence electrons. The predicted octanol–water partition coefficient (Wildman–Crippen LogP) is 1.71. The zero-order valence-electron chi connectivity index (χ0n) is 9.85. The largest absolute Gasteiger partial charge is 0.477 e. The molecule has 4 nitrogen and oxygen atoms in total. The second-order valence-electron chi connectivity index (χ2n) is 4.50. The normalized spacial score (nSPS) is 18.5. The molecule has 17 heavy (non-hydrogen) atoms. The standard InChI is InChI=1S/C12H17NO3S/c1-8-9(6-11(17-8)12(15)16)7-13-4-2-10(14)3-5-13/h6,10,14H,2-5,7H2,1H3,(H,15,16). The van der Waals surface area contributed by atoms with Crippen LogP contribution in [0.2, 0.25) is 0 Å². The van der Waals surface area contributed by atoms with E-state index < -0.39 is 5.97 Å². The van der Waals surface area contributed by atoms with Gasteiger partial charge in [-0.05, 0) is 31.4 Å². The SMILES string of the molecule is Cc1sc(C(=O)O)cc1CN1CCC(O)CC1. The molecule has 1 saturated heterocycles. The molecule has 0 amide bonds. The minimum absolute atomic E-state index is 0.163. The van der Waals surface area contributed by atoms with E-state index in [0.29, 0.717) is 4.88 Å². The van der Waals surface area contributed by atoms with Crippen LogP contribution in [0.5, 0.6) is 0 Å². The van der Waals surface area contributed by atoms with Gasteiger partial charge in [-0.15, -0.1) is 11.3 Å². The fourth-order valence-electron chi connectivity index (χ4n) is 2.10. The molecule has 1 aromatic rings. The first-order chi connectivity index (χ1) is 8.06. The Bertz CT molecular complexity index is 408. The quantitative estimate of drug-likeness (QED) is 0.863. The summed E-state index contributed by atoms with van der Waals surface area (Å²) in [6.07, 6.45) is 1.47. The molecule has 1 aromatic heterocycles. The van der Waals surface area contributed by atoms with Crippen LogP contribution in [0, 0.1) is 6.92 Å².